The van der Waals surface area contributed by atoms with Gasteiger partial charge in [0.1, 0.15) is 6.61 Å². The second-order valence-electron chi connectivity index (χ2n) is 5.04. The van der Waals surface area contributed by atoms with Gasteiger partial charge in [0.25, 0.3) is 0 Å². The third-order valence-electron chi connectivity index (χ3n) is 3.14. The number of carboxylic acids is 1. The lowest BCUT2D eigenvalue weighted by atomic mass is 10.1. The summed E-state index contributed by atoms with van der Waals surface area (Å²) in [4.78, 5) is 28.0. The molecule has 0 bridgehead atoms. The van der Waals surface area contributed by atoms with E-state index in [9.17, 15) is 9.59 Å². The molecule has 1 aromatic carbocycles. The molecule has 1 aromatic heterocycles. The lowest BCUT2D eigenvalue weighted by Gasteiger charge is -2.16. The zero-order valence-electron chi connectivity index (χ0n) is 12.9. The van der Waals surface area contributed by atoms with Crippen LogP contribution in [0.15, 0.2) is 30.3 Å². The van der Waals surface area contributed by atoms with Crippen molar-refractivity contribution in [3.8, 4) is 0 Å². The van der Waals surface area contributed by atoms with Crippen LogP contribution in [0, 0.1) is 13.8 Å². The molecule has 0 unspecified atom stereocenters. The summed E-state index contributed by atoms with van der Waals surface area (Å²) in [5.74, 6) is -0.996. The minimum Gasteiger partial charge on any atom is -0.481 e. The van der Waals surface area contributed by atoms with Crippen molar-refractivity contribution in [2.75, 3.05) is 0 Å². The topological polar surface area (TPSA) is 88.5 Å². The van der Waals surface area contributed by atoms with Crippen LogP contribution >= 0.6 is 11.3 Å². The van der Waals surface area contributed by atoms with E-state index in [1.54, 1.807) is 6.92 Å². The summed E-state index contributed by atoms with van der Waals surface area (Å²) in [6, 6.07) is 8.63. The molecule has 1 amide bonds. The highest BCUT2D eigenvalue weighted by atomic mass is 32.1. The predicted octanol–water partition coefficient (Wildman–Crippen LogP) is 3.20. The highest BCUT2D eigenvalue weighted by molar-refractivity contribution is 7.11. The monoisotopic (exact) mass is 334 g/mol. The zero-order chi connectivity index (χ0) is 16.8. The number of aromatic nitrogens is 1. The van der Waals surface area contributed by atoms with Crippen molar-refractivity contribution in [2.45, 2.75) is 32.9 Å². The Morgan fingerprint density at radius 1 is 1.30 bits per heavy atom. The molecule has 0 aliphatic rings. The van der Waals surface area contributed by atoms with Gasteiger partial charge in [0.15, 0.2) is 0 Å². The van der Waals surface area contributed by atoms with Gasteiger partial charge >= 0.3 is 12.1 Å². The van der Waals surface area contributed by atoms with Crippen LogP contribution in [0.5, 0.6) is 0 Å². The standard InChI is InChI=1S/C16H18N2O4S/c1-10-15(23-11(2)17-10)13(8-14(19)20)18-16(21)22-9-12-6-4-3-5-7-12/h3-7,13H,8-9H2,1-2H3,(H,18,21)(H,19,20)/t13-/m1/s1. The second kappa shape index (κ2) is 7.73. The first-order chi connectivity index (χ1) is 11.0. The maximum atomic E-state index is 12.0. The Hall–Kier alpha value is -2.41. The third-order valence-corrected chi connectivity index (χ3v) is 4.33. The first-order valence-corrected chi connectivity index (χ1v) is 7.90. The fourth-order valence-electron chi connectivity index (χ4n) is 2.16. The molecule has 0 saturated carbocycles. The largest absolute Gasteiger partial charge is 0.481 e. The molecule has 7 heteroatoms. The SMILES string of the molecule is Cc1nc(C)c([C@@H](CC(=O)O)NC(=O)OCc2ccccc2)s1. The summed E-state index contributed by atoms with van der Waals surface area (Å²) >= 11 is 1.38. The first-order valence-electron chi connectivity index (χ1n) is 7.08. The Morgan fingerprint density at radius 3 is 2.57 bits per heavy atom. The number of aliphatic carboxylic acids is 1. The number of hydrogen-bond donors (Lipinski definition) is 2. The van der Waals surface area contributed by atoms with Gasteiger partial charge in [-0.2, -0.15) is 0 Å². The summed E-state index contributed by atoms with van der Waals surface area (Å²) in [5.41, 5.74) is 1.59. The molecule has 6 nitrogen and oxygen atoms in total. The number of carbonyl (C=O) groups excluding carboxylic acids is 1. The fraction of sp³-hybridized carbons (Fsp3) is 0.312. The minimum absolute atomic E-state index is 0.132. The van der Waals surface area contributed by atoms with Crippen molar-refractivity contribution in [1.29, 1.82) is 0 Å². The molecule has 1 atom stereocenters. The molecule has 0 aliphatic carbocycles. The highest BCUT2D eigenvalue weighted by Gasteiger charge is 2.23. The Balaban J connectivity index is 2.01. The molecule has 0 spiro atoms. The van der Waals surface area contributed by atoms with Crippen molar-refractivity contribution in [3.05, 3.63) is 51.5 Å². The maximum absolute atomic E-state index is 12.0. The van der Waals surface area contributed by atoms with Gasteiger partial charge in [0.05, 0.1) is 28.0 Å². The van der Waals surface area contributed by atoms with Crippen LogP contribution in [0.4, 0.5) is 4.79 Å². The average molecular weight is 334 g/mol. The molecule has 1 heterocycles. The van der Waals surface area contributed by atoms with E-state index in [1.165, 1.54) is 11.3 Å². The van der Waals surface area contributed by atoms with Crippen LogP contribution < -0.4 is 5.32 Å². The molecule has 2 rings (SSSR count). The van der Waals surface area contributed by atoms with E-state index >= 15 is 0 Å². The maximum Gasteiger partial charge on any atom is 0.407 e. The Labute approximate surface area is 138 Å². The highest BCUT2D eigenvalue weighted by Crippen LogP contribution is 2.27. The van der Waals surface area contributed by atoms with Crippen molar-refractivity contribution in [3.63, 3.8) is 0 Å². The summed E-state index contributed by atoms with van der Waals surface area (Å²) in [7, 11) is 0. The van der Waals surface area contributed by atoms with Crippen LogP contribution in [-0.2, 0) is 16.1 Å². The summed E-state index contributed by atoms with van der Waals surface area (Å²) in [5, 5.41) is 12.5. The van der Waals surface area contributed by atoms with E-state index in [0.717, 1.165) is 21.1 Å². The molecule has 122 valence electrons. The van der Waals surface area contributed by atoms with E-state index in [4.69, 9.17) is 9.84 Å². The average Bonchev–Trinajstić information content (AvgIpc) is 2.84. The van der Waals surface area contributed by atoms with Gasteiger partial charge in [0, 0.05) is 0 Å². The van der Waals surface area contributed by atoms with Crippen molar-refractivity contribution >= 4 is 23.4 Å². The summed E-state index contributed by atoms with van der Waals surface area (Å²) in [6.45, 7) is 3.77. The van der Waals surface area contributed by atoms with E-state index in [-0.39, 0.29) is 13.0 Å². The number of nitrogens with one attached hydrogen (secondary N) is 1. The van der Waals surface area contributed by atoms with Crippen molar-refractivity contribution < 1.29 is 19.4 Å². The smallest absolute Gasteiger partial charge is 0.407 e. The molecule has 0 saturated heterocycles. The van der Waals surface area contributed by atoms with Crippen LogP contribution in [0.25, 0.3) is 0 Å². The van der Waals surface area contributed by atoms with Gasteiger partial charge in [-0.3, -0.25) is 4.79 Å². The molecule has 0 radical (unpaired) electrons. The molecular formula is C16H18N2O4S. The molecule has 0 aliphatic heterocycles. The Morgan fingerprint density at radius 2 is 2.00 bits per heavy atom. The van der Waals surface area contributed by atoms with Gasteiger partial charge in [-0.1, -0.05) is 30.3 Å². The van der Waals surface area contributed by atoms with E-state index in [0.29, 0.717) is 0 Å². The number of alkyl carbamates (subject to hydrolysis) is 1. The van der Waals surface area contributed by atoms with Gasteiger partial charge in [-0.05, 0) is 19.4 Å². The van der Waals surface area contributed by atoms with Gasteiger partial charge < -0.3 is 15.2 Å². The van der Waals surface area contributed by atoms with Crippen molar-refractivity contribution in [2.24, 2.45) is 0 Å². The first kappa shape index (κ1) is 17.0. The Kier molecular flexibility index (Phi) is 5.70. The Bertz CT molecular complexity index is 685. The quantitative estimate of drug-likeness (QED) is 0.847. The predicted molar refractivity (Wildman–Crippen MR) is 86.3 cm³/mol. The van der Waals surface area contributed by atoms with E-state index < -0.39 is 18.1 Å². The number of thiazole rings is 1. The third kappa shape index (κ3) is 5.07. The number of carbonyl (C=O) groups is 2. The summed E-state index contributed by atoms with van der Waals surface area (Å²) < 4.78 is 5.15. The van der Waals surface area contributed by atoms with Crippen LogP contribution in [0.3, 0.4) is 0 Å². The number of hydrogen-bond acceptors (Lipinski definition) is 5. The number of rotatable bonds is 6. The molecular weight excluding hydrogens is 316 g/mol. The van der Waals surface area contributed by atoms with Crippen molar-refractivity contribution in [1.82, 2.24) is 10.3 Å². The van der Waals surface area contributed by atoms with Crippen LogP contribution in [-0.4, -0.2) is 22.2 Å². The molecule has 0 fully saturated rings. The van der Waals surface area contributed by atoms with Crippen LogP contribution in [0.2, 0.25) is 0 Å². The molecule has 2 aromatic rings. The number of aryl methyl sites for hydroxylation is 2. The van der Waals surface area contributed by atoms with Gasteiger partial charge in [-0.15, -0.1) is 11.3 Å². The normalized spacial score (nSPS) is 11.7. The van der Waals surface area contributed by atoms with Gasteiger partial charge in [0.2, 0.25) is 0 Å². The van der Waals surface area contributed by atoms with E-state index in [1.807, 2.05) is 37.3 Å². The number of amides is 1. The lowest BCUT2D eigenvalue weighted by Crippen LogP contribution is -2.30. The second-order valence-corrected chi connectivity index (χ2v) is 6.27. The zero-order valence-corrected chi connectivity index (χ0v) is 13.7. The number of nitrogens with zero attached hydrogens (tertiary/aromatic N) is 1. The fourth-order valence-corrected chi connectivity index (χ4v) is 3.14. The molecule has 23 heavy (non-hydrogen) atoms. The summed E-state index contributed by atoms with van der Waals surface area (Å²) in [6.07, 6.45) is -0.867. The number of carboxylic acid groups (broad SMARTS) is 1. The minimum atomic E-state index is -0.996. The van der Waals surface area contributed by atoms with Crippen LogP contribution in [0.1, 0.15) is 33.6 Å². The lowest BCUT2D eigenvalue weighted by molar-refractivity contribution is -0.137. The molecule has 2 N–H and O–H groups in total. The van der Waals surface area contributed by atoms with Gasteiger partial charge in [-0.25, -0.2) is 9.78 Å². The number of benzene rings is 1. The number of ether oxygens (including phenoxy) is 1. The van der Waals surface area contributed by atoms with E-state index in [2.05, 4.69) is 10.3 Å².